The van der Waals surface area contributed by atoms with E-state index in [1.165, 1.54) is 19.1 Å². The second kappa shape index (κ2) is 5.95. The zero-order valence-corrected chi connectivity index (χ0v) is 13.8. The molecule has 6 heteroatoms. The molecule has 0 spiro atoms. The van der Waals surface area contributed by atoms with E-state index in [-0.39, 0.29) is 16.7 Å². The Morgan fingerprint density at radius 1 is 1.27 bits per heavy atom. The van der Waals surface area contributed by atoms with Crippen LogP contribution in [-0.2, 0) is 10.0 Å². The van der Waals surface area contributed by atoms with Crippen molar-refractivity contribution in [1.29, 1.82) is 0 Å². The summed E-state index contributed by atoms with van der Waals surface area (Å²) in [5, 5.41) is 1.95. The predicted molar refractivity (Wildman–Crippen MR) is 86.6 cm³/mol. The maximum atomic E-state index is 12.6. The van der Waals surface area contributed by atoms with Crippen LogP contribution >= 0.6 is 11.3 Å². The molecule has 1 aliphatic rings. The minimum atomic E-state index is -3.64. The fourth-order valence-electron chi connectivity index (χ4n) is 2.40. The van der Waals surface area contributed by atoms with Crippen molar-refractivity contribution in [3.05, 3.63) is 52.2 Å². The Morgan fingerprint density at radius 3 is 2.64 bits per heavy atom. The van der Waals surface area contributed by atoms with Crippen molar-refractivity contribution in [3.63, 3.8) is 0 Å². The van der Waals surface area contributed by atoms with Crippen LogP contribution in [0.2, 0.25) is 0 Å². The number of hydrogen-bond donors (Lipinski definition) is 1. The van der Waals surface area contributed by atoms with E-state index in [0.29, 0.717) is 11.5 Å². The Kier molecular flexibility index (Phi) is 4.16. The maximum Gasteiger partial charge on any atom is 0.241 e. The number of sulfonamides is 1. The average Bonchev–Trinajstić information content (AvgIpc) is 3.19. The van der Waals surface area contributed by atoms with Crippen molar-refractivity contribution < 1.29 is 13.2 Å². The van der Waals surface area contributed by atoms with Crippen molar-refractivity contribution >= 4 is 27.1 Å². The molecule has 116 valence electrons. The Morgan fingerprint density at radius 2 is 2.05 bits per heavy atom. The number of nitrogens with one attached hydrogen (secondary N) is 1. The summed E-state index contributed by atoms with van der Waals surface area (Å²) < 4.78 is 28.1. The second-order valence-corrected chi connectivity index (χ2v) is 8.23. The van der Waals surface area contributed by atoms with Crippen LogP contribution in [0.5, 0.6) is 0 Å². The molecule has 1 aromatic carbocycles. The number of rotatable bonds is 6. The lowest BCUT2D eigenvalue weighted by Gasteiger charge is -2.17. The third kappa shape index (κ3) is 3.29. The summed E-state index contributed by atoms with van der Waals surface area (Å²) in [5.74, 6) is 0.221. The molecular weight excluding hydrogens is 318 g/mol. The molecule has 1 atom stereocenters. The van der Waals surface area contributed by atoms with E-state index in [1.807, 2.05) is 17.5 Å². The zero-order valence-electron chi connectivity index (χ0n) is 12.2. The van der Waals surface area contributed by atoms with Gasteiger partial charge in [0.2, 0.25) is 10.0 Å². The minimum Gasteiger partial charge on any atom is -0.295 e. The molecule has 3 rings (SSSR count). The van der Waals surface area contributed by atoms with Crippen molar-refractivity contribution in [2.45, 2.75) is 30.7 Å². The molecule has 0 amide bonds. The fraction of sp³-hybridized carbons (Fsp3) is 0.312. The molecule has 0 bridgehead atoms. The molecule has 1 fully saturated rings. The van der Waals surface area contributed by atoms with Gasteiger partial charge in [-0.1, -0.05) is 18.2 Å². The first-order valence-corrected chi connectivity index (χ1v) is 9.50. The molecule has 4 nitrogen and oxygen atoms in total. The lowest BCUT2D eigenvalue weighted by atomic mass is 10.2. The summed E-state index contributed by atoms with van der Waals surface area (Å²) in [5.41, 5.74) is 0.405. The van der Waals surface area contributed by atoms with Crippen LogP contribution in [0.25, 0.3) is 0 Å². The van der Waals surface area contributed by atoms with E-state index in [1.54, 1.807) is 23.5 Å². The highest BCUT2D eigenvalue weighted by Gasteiger charge is 2.36. The van der Waals surface area contributed by atoms with E-state index in [4.69, 9.17) is 0 Å². The zero-order chi connectivity index (χ0) is 15.7. The van der Waals surface area contributed by atoms with Crippen LogP contribution < -0.4 is 4.72 Å². The Balaban J connectivity index is 1.89. The molecule has 0 saturated heterocycles. The molecule has 2 aromatic rings. The van der Waals surface area contributed by atoms with Crippen molar-refractivity contribution in [2.75, 3.05) is 0 Å². The van der Waals surface area contributed by atoms with Gasteiger partial charge in [0, 0.05) is 10.4 Å². The molecule has 1 saturated carbocycles. The largest absolute Gasteiger partial charge is 0.295 e. The molecule has 1 N–H and O–H groups in total. The van der Waals surface area contributed by atoms with Crippen molar-refractivity contribution in [1.82, 2.24) is 4.72 Å². The number of carbonyl (C=O) groups excluding carboxylic acids is 1. The minimum absolute atomic E-state index is 0.141. The van der Waals surface area contributed by atoms with Gasteiger partial charge >= 0.3 is 0 Å². The summed E-state index contributed by atoms with van der Waals surface area (Å²) in [6.45, 7) is 1.43. The predicted octanol–water partition coefficient (Wildman–Crippen LogP) is 3.38. The van der Waals surface area contributed by atoms with Gasteiger partial charge in [-0.3, -0.25) is 4.79 Å². The molecule has 0 aliphatic heterocycles. The standard InChI is InChI=1S/C16H17NO3S2/c1-11(18)13-4-2-5-14(10-13)22(19,20)17-16(12-7-8-12)15-6-3-9-21-15/h2-6,9-10,12,16-17H,7-8H2,1H3/t16-/m0/s1. The van der Waals surface area contributed by atoms with Gasteiger partial charge in [0.25, 0.3) is 0 Å². The molecule has 1 heterocycles. The number of carbonyl (C=O) groups is 1. The molecular formula is C16H17NO3S2. The van der Waals surface area contributed by atoms with Crippen LogP contribution in [0.3, 0.4) is 0 Å². The third-order valence-electron chi connectivity index (χ3n) is 3.78. The third-order valence-corrected chi connectivity index (χ3v) is 6.17. The highest BCUT2D eigenvalue weighted by Crippen LogP contribution is 2.43. The highest BCUT2D eigenvalue weighted by molar-refractivity contribution is 7.89. The smallest absolute Gasteiger partial charge is 0.241 e. The molecule has 0 unspecified atom stereocenters. The van der Waals surface area contributed by atoms with Gasteiger partial charge in [-0.15, -0.1) is 11.3 Å². The van der Waals surface area contributed by atoms with Gasteiger partial charge in [0.15, 0.2) is 5.78 Å². The molecule has 0 radical (unpaired) electrons. The van der Waals surface area contributed by atoms with Gasteiger partial charge in [-0.2, -0.15) is 0 Å². The highest BCUT2D eigenvalue weighted by atomic mass is 32.2. The Labute approximate surface area is 134 Å². The fourth-order valence-corrected chi connectivity index (χ4v) is 4.68. The molecule has 1 aromatic heterocycles. The summed E-state index contributed by atoms with van der Waals surface area (Å²) in [7, 11) is -3.64. The first kappa shape index (κ1) is 15.4. The van der Waals surface area contributed by atoms with E-state index in [9.17, 15) is 13.2 Å². The second-order valence-electron chi connectivity index (χ2n) is 5.54. The Bertz CT molecular complexity index is 777. The number of thiophene rings is 1. The SMILES string of the molecule is CC(=O)c1cccc(S(=O)(=O)N[C@H](c2cccs2)C2CC2)c1. The van der Waals surface area contributed by atoms with Crippen molar-refractivity contribution in [2.24, 2.45) is 5.92 Å². The van der Waals surface area contributed by atoms with Gasteiger partial charge < -0.3 is 0 Å². The average molecular weight is 335 g/mol. The van der Waals surface area contributed by atoms with Gasteiger partial charge in [0.05, 0.1) is 10.9 Å². The van der Waals surface area contributed by atoms with E-state index in [0.717, 1.165) is 17.7 Å². The van der Waals surface area contributed by atoms with E-state index < -0.39 is 10.0 Å². The number of Topliss-reactive ketones (excluding diaryl/α,β-unsaturated/α-hetero) is 1. The van der Waals surface area contributed by atoms with Gasteiger partial charge in [-0.25, -0.2) is 13.1 Å². The monoisotopic (exact) mass is 335 g/mol. The lowest BCUT2D eigenvalue weighted by Crippen LogP contribution is -2.29. The number of benzene rings is 1. The topological polar surface area (TPSA) is 63.2 Å². The normalized spacial score (nSPS) is 16.4. The quantitative estimate of drug-likeness (QED) is 0.823. The van der Waals surface area contributed by atoms with E-state index >= 15 is 0 Å². The van der Waals surface area contributed by atoms with Crippen LogP contribution in [0.1, 0.15) is 41.0 Å². The van der Waals surface area contributed by atoms with Gasteiger partial charge in [-0.05, 0) is 49.3 Å². The van der Waals surface area contributed by atoms with Crippen LogP contribution in [0.15, 0.2) is 46.7 Å². The van der Waals surface area contributed by atoms with Crippen LogP contribution in [-0.4, -0.2) is 14.2 Å². The number of hydrogen-bond acceptors (Lipinski definition) is 4. The summed E-state index contributed by atoms with van der Waals surface area (Å²) in [6, 6.07) is 9.89. The van der Waals surface area contributed by atoms with Crippen LogP contribution in [0, 0.1) is 5.92 Å². The van der Waals surface area contributed by atoms with Gasteiger partial charge in [0.1, 0.15) is 0 Å². The summed E-state index contributed by atoms with van der Waals surface area (Å²) in [6.07, 6.45) is 2.08. The first-order valence-electron chi connectivity index (χ1n) is 7.14. The lowest BCUT2D eigenvalue weighted by molar-refractivity contribution is 0.101. The molecule has 1 aliphatic carbocycles. The van der Waals surface area contributed by atoms with Crippen LogP contribution in [0.4, 0.5) is 0 Å². The van der Waals surface area contributed by atoms with Crippen molar-refractivity contribution in [3.8, 4) is 0 Å². The Hall–Kier alpha value is -1.50. The summed E-state index contributed by atoms with van der Waals surface area (Å²) in [4.78, 5) is 12.6. The first-order chi connectivity index (χ1) is 10.5. The number of ketones is 1. The summed E-state index contributed by atoms with van der Waals surface area (Å²) >= 11 is 1.56. The molecule has 22 heavy (non-hydrogen) atoms. The van der Waals surface area contributed by atoms with E-state index in [2.05, 4.69) is 4.72 Å². The maximum absolute atomic E-state index is 12.6.